The number of hydrogen-bond acceptors (Lipinski definition) is 4. The van der Waals surface area contributed by atoms with E-state index in [1.54, 1.807) is 6.08 Å². The lowest BCUT2D eigenvalue weighted by molar-refractivity contribution is 0.0216. The predicted octanol–water partition coefficient (Wildman–Crippen LogP) is 8.34. The summed E-state index contributed by atoms with van der Waals surface area (Å²) in [5, 5.41) is 0. The van der Waals surface area contributed by atoms with Gasteiger partial charge in [0.1, 0.15) is 0 Å². The summed E-state index contributed by atoms with van der Waals surface area (Å²) in [5.74, 6) is 1.08. The van der Waals surface area contributed by atoms with Crippen molar-refractivity contribution in [2.24, 2.45) is 27.2 Å². The zero-order valence-electron chi connectivity index (χ0n) is 21.5. The van der Waals surface area contributed by atoms with Crippen LogP contribution in [0.15, 0.2) is 9.98 Å². The van der Waals surface area contributed by atoms with Crippen LogP contribution in [0, 0.1) is 17.3 Å². The molecule has 1 saturated carbocycles. The molecule has 184 valence electrons. The number of rotatable bonds is 18. The van der Waals surface area contributed by atoms with Crippen molar-refractivity contribution >= 4 is 12.2 Å². The molecule has 0 aliphatic heterocycles. The van der Waals surface area contributed by atoms with Crippen LogP contribution in [0.5, 0.6) is 0 Å². The second-order valence-corrected chi connectivity index (χ2v) is 10.3. The second kappa shape index (κ2) is 17.3. The first-order valence-corrected chi connectivity index (χ1v) is 13.7. The van der Waals surface area contributed by atoms with Gasteiger partial charge in [-0.2, -0.15) is 0 Å². The summed E-state index contributed by atoms with van der Waals surface area (Å²) >= 11 is 0. The van der Waals surface area contributed by atoms with Crippen molar-refractivity contribution in [3.63, 3.8) is 0 Å². The van der Waals surface area contributed by atoms with Crippen molar-refractivity contribution in [1.29, 1.82) is 0 Å². The normalized spacial score (nSPS) is 19.2. The lowest BCUT2D eigenvalue weighted by Gasteiger charge is -2.49. The molecule has 32 heavy (non-hydrogen) atoms. The molecule has 0 N–H and O–H groups in total. The van der Waals surface area contributed by atoms with Crippen LogP contribution in [0.4, 0.5) is 0 Å². The molecule has 4 atom stereocenters. The molecule has 0 aromatic rings. The summed E-state index contributed by atoms with van der Waals surface area (Å²) in [6.45, 7) is 8.83. The minimum atomic E-state index is 0.0509. The van der Waals surface area contributed by atoms with E-state index >= 15 is 0 Å². The third kappa shape index (κ3) is 9.72. The number of isocyanates is 2. The molecule has 0 saturated heterocycles. The Kier molecular flexibility index (Phi) is 15.5. The summed E-state index contributed by atoms with van der Waals surface area (Å²) < 4.78 is 0. The Balaban J connectivity index is 3.12. The molecule has 1 aliphatic carbocycles. The number of unbranched alkanes of at least 4 members (excludes halogenated alkanes) is 3. The molecule has 1 aliphatic rings. The molecule has 0 aromatic carbocycles. The first-order valence-electron chi connectivity index (χ1n) is 13.7. The van der Waals surface area contributed by atoms with Gasteiger partial charge < -0.3 is 0 Å². The van der Waals surface area contributed by atoms with Crippen molar-refractivity contribution in [3.8, 4) is 0 Å². The quantitative estimate of drug-likeness (QED) is 0.121. The molecule has 0 bridgehead atoms. The third-order valence-corrected chi connectivity index (χ3v) is 8.09. The van der Waals surface area contributed by atoms with E-state index in [-0.39, 0.29) is 12.1 Å². The van der Waals surface area contributed by atoms with Gasteiger partial charge in [0.25, 0.3) is 0 Å². The molecular weight excluding hydrogens is 396 g/mol. The van der Waals surface area contributed by atoms with Crippen LogP contribution in [0.2, 0.25) is 0 Å². The van der Waals surface area contributed by atoms with E-state index in [4.69, 9.17) is 0 Å². The molecule has 0 heterocycles. The van der Waals surface area contributed by atoms with Crippen LogP contribution in [0.3, 0.4) is 0 Å². The highest BCUT2D eigenvalue weighted by atomic mass is 16.1. The fourth-order valence-electron chi connectivity index (χ4n) is 6.49. The zero-order valence-corrected chi connectivity index (χ0v) is 21.5. The third-order valence-electron chi connectivity index (χ3n) is 8.09. The van der Waals surface area contributed by atoms with Gasteiger partial charge in [0.15, 0.2) is 0 Å². The van der Waals surface area contributed by atoms with Crippen molar-refractivity contribution < 1.29 is 9.59 Å². The Labute approximate surface area is 198 Å². The Bertz CT molecular complexity index is 572. The monoisotopic (exact) mass is 446 g/mol. The van der Waals surface area contributed by atoms with Gasteiger partial charge in [0.05, 0.1) is 12.1 Å². The maximum atomic E-state index is 11.1. The van der Waals surface area contributed by atoms with Gasteiger partial charge in [0, 0.05) is 0 Å². The highest BCUT2D eigenvalue weighted by molar-refractivity contribution is 5.33. The van der Waals surface area contributed by atoms with E-state index in [0.29, 0.717) is 17.3 Å². The number of hydrogen-bond donors (Lipinski definition) is 0. The molecule has 0 spiro atoms. The van der Waals surface area contributed by atoms with Gasteiger partial charge in [-0.1, -0.05) is 85.0 Å². The molecule has 4 unspecified atom stereocenters. The lowest BCUT2D eigenvalue weighted by Crippen LogP contribution is -2.41. The minimum Gasteiger partial charge on any atom is -0.211 e. The molecule has 0 aromatic heterocycles. The number of carbonyl (C=O) groups excluding carboxylic acids is 2. The fraction of sp³-hybridized carbons (Fsp3) is 0.929. The number of nitrogens with zero attached hydrogens (tertiary/aromatic N) is 2. The topological polar surface area (TPSA) is 58.9 Å². The van der Waals surface area contributed by atoms with Crippen LogP contribution in [-0.4, -0.2) is 24.2 Å². The molecule has 4 nitrogen and oxygen atoms in total. The highest BCUT2D eigenvalue weighted by Gasteiger charge is 2.43. The number of aliphatic imine (C=N–C) groups is 2. The standard InChI is InChI=1S/C28H50N2O2/c1-5-8-9-11-18-27(26(16-7-3)24(4)29-22-31)28(19-12-10-13-20-28)21-14-17-25(15-6-2)30-23-32/h24-27H,5-21H2,1-4H3. The van der Waals surface area contributed by atoms with Gasteiger partial charge in [-0.05, 0) is 69.1 Å². The van der Waals surface area contributed by atoms with E-state index in [1.807, 2.05) is 6.08 Å². The highest BCUT2D eigenvalue weighted by Crippen LogP contribution is 2.53. The summed E-state index contributed by atoms with van der Waals surface area (Å²) in [6.07, 6.45) is 24.3. The van der Waals surface area contributed by atoms with Crippen molar-refractivity contribution in [2.75, 3.05) is 0 Å². The molecule has 0 radical (unpaired) electrons. The van der Waals surface area contributed by atoms with E-state index in [1.165, 1.54) is 70.6 Å². The largest absolute Gasteiger partial charge is 0.235 e. The van der Waals surface area contributed by atoms with E-state index in [9.17, 15) is 9.59 Å². The second-order valence-electron chi connectivity index (χ2n) is 10.3. The van der Waals surface area contributed by atoms with Crippen molar-refractivity contribution in [3.05, 3.63) is 0 Å². The van der Waals surface area contributed by atoms with Crippen LogP contribution in [-0.2, 0) is 9.59 Å². The Hall–Kier alpha value is -1.24. The smallest absolute Gasteiger partial charge is 0.211 e. The SMILES string of the molecule is CCCCCCC(C(CCC)C(C)N=C=O)C1(CCCC(CCC)N=C=O)CCCCC1. The van der Waals surface area contributed by atoms with Crippen LogP contribution in [0.25, 0.3) is 0 Å². The average molecular weight is 447 g/mol. The van der Waals surface area contributed by atoms with Gasteiger partial charge in [-0.3, -0.25) is 0 Å². The van der Waals surface area contributed by atoms with Crippen molar-refractivity contribution in [2.45, 2.75) is 149 Å². The molecular formula is C28H50N2O2. The lowest BCUT2D eigenvalue weighted by atomic mass is 9.57. The molecule has 0 amide bonds. The summed E-state index contributed by atoms with van der Waals surface area (Å²) in [6, 6.07) is 0.182. The molecule has 1 rings (SSSR count). The fourth-order valence-corrected chi connectivity index (χ4v) is 6.49. The molecule has 4 heteroatoms. The van der Waals surface area contributed by atoms with Gasteiger partial charge in [0.2, 0.25) is 12.2 Å². The van der Waals surface area contributed by atoms with E-state index < -0.39 is 0 Å². The van der Waals surface area contributed by atoms with Crippen LogP contribution >= 0.6 is 0 Å². The Morgan fingerprint density at radius 2 is 1.44 bits per heavy atom. The molecule has 1 fully saturated rings. The first kappa shape index (κ1) is 28.8. The minimum absolute atomic E-state index is 0.0509. The van der Waals surface area contributed by atoms with E-state index in [2.05, 4.69) is 37.7 Å². The van der Waals surface area contributed by atoms with Gasteiger partial charge in [-0.15, -0.1) is 0 Å². The van der Waals surface area contributed by atoms with Gasteiger partial charge >= 0.3 is 0 Å². The first-order chi connectivity index (χ1) is 15.6. The maximum absolute atomic E-state index is 11.1. The van der Waals surface area contributed by atoms with Crippen molar-refractivity contribution in [1.82, 2.24) is 0 Å². The maximum Gasteiger partial charge on any atom is 0.235 e. The van der Waals surface area contributed by atoms with Crippen LogP contribution < -0.4 is 0 Å². The zero-order chi connectivity index (χ0) is 23.7. The van der Waals surface area contributed by atoms with E-state index in [0.717, 1.165) is 38.5 Å². The van der Waals surface area contributed by atoms with Crippen LogP contribution in [0.1, 0.15) is 137 Å². The average Bonchev–Trinajstić information content (AvgIpc) is 2.79. The Morgan fingerprint density at radius 1 is 0.750 bits per heavy atom. The predicted molar refractivity (Wildman–Crippen MR) is 134 cm³/mol. The summed E-state index contributed by atoms with van der Waals surface area (Å²) in [7, 11) is 0. The summed E-state index contributed by atoms with van der Waals surface area (Å²) in [4.78, 5) is 30.3. The van der Waals surface area contributed by atoms with Gasteiger partial charge in [-0.25, -0.2) is 19.6 Å². The summed E-state index contributed by atoms with van der Waals surface area (Å²) in [5.41, 5.74) is 0.346. The Morgan fingerprint density at radius 3 is 2.03 bits per heavy atom.